The van der Waals surface area contributed by atoms with Crippen LogP contribution < -0.4 is 4.90 Å². The van der Waals surface area contributed by atoms with E-state index in [-0.39, 0.29) is 5.92 Å². The van der Waals surface area contributed by atoms with E-state index in [4.69, 9.17) is 9.97 Å². The van der Waals surface area contributed by atoms with Crippen molar-refractivity contribution in [2.45, 2.75) is 60.3 Å². The molecule has 0 spiro atoms. The van der Waals surface area contributed by atoms with Crippen LogP contribution in [0.2, 0.25) is 0 Å². The maximum atomic E-state index is 9.50. The van der Waals surface area contributed by atoms with Crippen LogP contribution in [0.5, 0.6) is 0 Å². The molecule has 1 atom stereocenters. The summed E-state index contributed by atoms with van der Waals surface area (Å²) >= 11 is 3.69. The van der Waals surface area contributed by atoms with E-state index in [9.17, 15) is 5.26 Å². The fraction of sp³-hybridized carbons (Fsp3) is 0.480. The molecule has 162 valence electrons. The number of piperidine rings is 1. The lowest BCUT2D eigenvalue weighted by atomic mass is 9.99. The summed E-state index contributed by atoms with van der Waals surface area (Å²) in [6.07, 6.45) is 3.89. The number of aromatic nitrogens is 3. The molecule has 5 nitrogen and oxygen atoms in total. The van der Waals surface area contributed by atoms with Crippen molar-refractivity contribution in [3.8, 4) is 11.8 Å². The minimum Gasteiger partial charge on any atom is -0.355 e. The van der Waals surface area contributed by atoms with E-state index in [1.807, 2.05) is 6.92 Å². The summed E-state index contributed by atoms with van der Waals surface area (Å²) in [7, 11) is 0. The molecular weight excluding hydrogens is 450 g/mol. The van der Waals surface area contributed by atoms with Crippen LogP contribution in [0.3, 0.4) is 0 Å². The molecule has 0 bridgehead atoms. The van der Waals surface area contributed by atoms with Gasteiger partial charge in [0.25, 0.3) is 0 Å². The molecule has 3 aromatic rings. The molecule has 6 heteroatoms. The standard InChI is InChI=1S/C25H30BrN5/c1-6-19-11-21(26)12-20(7-2)23(19)31-16(4)15(3)22-24(28-17(5)29-25(22)31)30-10-8-9-18(13-27)14-30/h11-12,18H,6-10,14H2,1-5H3. The summed E-state index contributed by atoms with van der Waals surface area (Å²) in [4.78, 5) is 12.1. The van der Waals surface area contributed by atoms with Gasteiger partial charge in [0.1, 0.15) is 11.6 Å². The number of nitrogens with zero attached hydrogens (tertiary/aromatic N) is 5. The molecule has 1 aliphatic rings. The Balaban J connectivity index is 2.02. The van der Waals surface area contributed by atoms with Crippen LogP contribution in [0, 0.1) is 38.0 Å². The Morgan fingerprint density at radius 1 is 1.13 bits per heavy atom. The number of rotatable bonds is 4. The van der Waals surface area contributed by atoms with Crippen molar-refractivity contribution in [3.05, 3.63) is 44.8 Å². The van der Waals surface area contributed by atoms with Gasteiger partial charge in [0.2, 0.25) is 0 Å². The fourth-order valence-electron chi connectivity index (χ4n) is 4.87. The first-order valence-electron chi connectivity index (χ1n) is 11.2. The van der Waals surface area contributed by atoms with E-state index in [1.165, 1.54) is 28.1 Å². The molecule has 0 N–H and O–H groups in total. The van der Waals surface area contributed by atoms with E-state index in [1.54, 1.807) is 0 Å². The third kappa shape index (κ3) is 3.74. The third-order valence-corrected chi connectivity index (χ3v) is 7.03. The van der Waals surface area contributed by atoms with Crippen LogP contribution >= 0.6 is 15.9 Å². The van der Waals surface area contributed by atoms with Gasteiger partial charge in [-0.3, -0.25) is 4.57 Å². The second-order valence-corrected chi connectivity index (χ2v) is 9.45. The van der Waals surface area contributed by atoms with Crippen LogP contribution in [0.4, 0.5) is 5.82 Å². The Bertz CT molecular complexity index is 1160. The highest BCUT2D eigenvalue weighted by molar-refractivity contribution is 9.10. The second-order valence-electron chi connectivity index (χ2n) is 8.53. The molecule has 1 aliphatic heterocycles. The molecule has 1 saturated heterocycles. The topological polar surface area (TPSA) is 57.7 Å². The Labute approximate surface area is 193 Å². The smallest absolute Gasteiger partial charge is 0.150 e. The first-order chi connectivity index (χ1) is 14.9. The molecule has 2 aromatic heterocycles. The summed E-state index contributed by atoms with van der Waals surface area (Å²) in [6.45, 7) is 12.4. The van der Waals surface area contributed by atoms with Gasteiger partial charge in [-0.2, -0.15) is 5.26 Å². The molecule has 1 unspecified atom stereocenters. The number of nitriles is 1. The molecule has 0 amide bonds. The summed E-state index contributed by atoms with van der Waals surface area (Å²) in [6, 6.07) is 6.92. The van der Waals surface area contributed by atoms with E-state index in [0.29, 0.717) is 0 Å². The van der Waals surface area contributed by atoms with Gasteiger partial charge in [-0.05, 0) is 75.3 Å². The average Bonchev–Trinajstić information content (AvgIpc) is 3.02. The zero-order chi connectivity index (χ0) is 22.3. The maximum Gasteiger partial charge on any atom is 0.150 e. The first-order valence-corrected chi connectivity index (χ1v) is 12.0. The van der Waals surface area contributed by atoms with E-state index in [0.717, 1.165) is 65.9 Å². The first kappa shape index (κ1) is 21.8. The quantitative estimate of drug-likeness (QED) is 0.462. The largest absolute Gasteiger partial charge is 0.355 e. The van der Waals surface area contributed by atoms with Crippen LogP contribution in [-0.2, 0) is 12.8 Å². The molecule has 0 aliphatic carbocycles. The molecule has 1 fully saturated rings. The number of halogens is 1. The number of benzene rings is 1. The SMILES string of the molecule is CCc1cc(Br)cc(CC)c1-n1c(C)c(C)c2c(N3CCCC(C#N)C3)nc(C)nc21. The van der Waals surface area contributed by atoms with E-state index >= 15 is 0 Å². The lowest BCUT2D eigenvalue weighted by Gasteiger charge is -2.31. The summed E-state index contributed by atoms with van der Waals surface area (Å²) < 4.78 is 3.47. The minimum absolute atomic E-state index is 0.0624. The van der Waals surface area contributed by atoms with E-state index < -0.39 is 0 Å². The zero-order valence-corrected chi connectivity index (χ0v) is 20.7. The lowest BCUT2D eigenvalue weighted by Crippen LogP contribution is -2.35. The van der Waals surface area contributed by atoms with Gasteiger partial charge in [0.05, 0.1) is 23.1 Å². The van der Waals surface area contributed by atoms with Crippen molar-refractivity contribution in [1.82, 2.24) is 14.5 Å². The van der Waals surface area contributed by atoms with Gasteiger partial charge < -0.3 is 4.90 Å². The number of hydrogen-bond donors (Lipinski definition) is 0. The summed E-state index contributed by atoms with van der Waals surface area (Å²) in [5.41, 5.74) is 7.27. The van der Waals surface area contributed by atoms with Crippen molar-refractivity contribution >= 4 is 32.8 Å². The van der Waals surface area contributed by atoms with Gasteiger partial charge in [0, 0.05) is 23.3 Å². The molecule has 3 heterocycles. The number of anilines is 1. The van der Waals surface area contributed by atoms with Crippen molar-refractivity contribution in [3.63, 3.8) is 0 Å². The van der Waals surface area contributed by atoms with Crippen molar-refractivity contribution in [2.24, 2.45) is 5.92 Å². The van der Waals surface area contributed by atoms with Crippen molar-refractivity contribution in [2.75, 3.05) is 18.0 Å². The van der Waals surface area contributed by atoms with Gasteiger partial charge in [0.15, 0.2) is 5.65 Å². The van der Waals surface area contributed by atoms with Crippen LogP contribution in [0.1, 0.15) is 54.9 Å². The molecule has 31 heavy (non-hydrogen) atoms. The Kier molecular flexibility index (Phi) is 6.07. The predicted molar refractivity (Wildman–Crippen MR) is 130 cm³/mol. The molecule has 1 aromatic carbocycles. The Morgan fingerprint density at radius 2 is 1.81 bits per heavy atom. The second kappa shape index (κ2) is 8.63. The predicted octanol–water partition coefficient (Wildman–Crippen LogP) is 5.97. The third-order valence-electron chi connectivity index (χ3n) is 6.57. The van der Waals surface area contributed by atoms with Crippen molar-refractivity contribution in [1.29, 1.82) is 5.26 Å². The average molecular weight is 480 g/mol. The number of aryl methyl sites for hydroxylation is 4. The van der Waals surface area contributed by atoms with Gasteiger partial charge in [-0.15, -0.1) is 0 Å². The number of hydrogen-bond acceptors (Lipinski definition) is 4. The van der Waals surface area contributed by atoms with Crippen LogP contribution in [0.25, 0.3) is 16.7 Å². The highest BCUT2D eigenvalue weighted by atomic mass is 79.9. The van der Waals surface area contributed by atoms with E-state index in [2.05, 4.69) is 71.3 Å². The number of fused-ring (bicyclic) bond motifs is 1. The van der Waals surface area contributed by atoms with Gasteiger partial charge >= 0.3 is 0 Å². The lowest BCUT2D eigenvalue weighted by molar-refractivity contribution is 0.491. The Morgan fingerprint density at radius 3 is 2.42 bits per heavy atom. The summed E-state index contributed by atoms with van der Waals surface area (Å²) in [5.74, 6) is 1.82. The highest BCUT2D eigenvalue weighted by Crippen LogP contribution is 2.37. The Hall–Kier alpha value is -2.39. The van der Waals surface area contributed by atoms with Crippen LogP contribution in [0.15, 0.2) is 16.6 Å². The molecule has 0 radical (unpaired) electrons. The van der Waals surface area contributed by atoms with Gasteiger partial charge in [-0.1, -0.05) is 29.8 Å². The normalized spacial score (nSPS) is 16.7. The maximum absolute atomic E-state index is 9.50. The fourth-order valence-corrected chi connectivity index (χ4v) is 5.42. The minimum atomic E-state index is 0.0624. The van der Waals surface area contributed by atoms with Crippen LogP contribution in [-0.4, -0.2) is 27.6 Å². The highest BCUT2D eigenvalue weighted by Gasteiger charge is 2.27. The molecular formula is C25H30BrN5. The van der Waals surface area contributed by atoms with Gasteiger partial charge in [-0.25, -0.2) is 9.97 Å². The van der Waals surface area contributed by atoms with Crippen molar-refractivity contribution < 1.29 is 0 Å². The summed E-state index contributed by atoms with van der Waals surface area (Å²) in [5, 5.41) is 10.6. The molecule has 4 rings (SSSR count). The molecule has 0 saturated carbocycles. The zero-order valence-electron chi connectivity index (χ0n) is 19.1. The monoisotopic (exact) mass is 479 g/mol.